The Hall–Kier alpha value is -2.62. The Labute approximate surface area is 160 Å². The molecule has 0 aliphatic rings. The van der Waals surface area contributed by atoms with Crippen molar-refractivity contribution in [3.8, 4) is 0 Å². The molecule has 3 aromatic rings. The second-order valence-electron chi connectivity index (χ2n) is 6.09. The highest BCUT2D eigenvalue weighted by molar-refractivity contribution is 7.89. The molecule has 0 spiro atoms. The fraction of sp³-hybridized carbons (Fsp3) is 0.176. The average molecular weight is 409 g/mol. The zero-order chi connectivity index (χ0) is 19.8. The summed E-state index contributed by atoms with van der Waals surface area (Å²) in [6.45, 7) is 0.366. The number of aryl methyl sites for hydroxylation is 1. The van der Waals surface area contributed by atoms with Gasteiger partial charge < -0.3 is 9.88 Å². The lowest BCUT2D eigenvalue weighted by atomic mass is 10.1. The normalized spacial score (nSPS) is 11.7. The molecule has 0 fully saturated rings. The molecule has 0 aliphatic carbocycles. The maximum Gasteiger partial charge on any atom is 0.271 e. The van der Waals surface area contributed by atoms with Gasteiger partial charge in [-0.1, -0.05) is 17.7 Å². The van der Waals surface area contributed by atoms with Crippen molar-refractivity contribution in [3.05, 3.63) is 63.3 Å². The molecule has 8 nitrogen and oxygen atoms in total. The Kier molecular flexibility index (Phi) is 5.09. The molecule has 1 heterocycles. The maximum atomic E-state index is 11.7. The van der Waals surface area contributed by atoms with Crippen LogP contribution in [0.4, 0.5) is 11.4 Å². The van der Waals surface area contributed by atoms with Crippen molar-refractivity contribution >= 4 is 43.9 Å². The number of fused-ring (bicyclic) bond motifs is 1. The first-order valence-corrected chi connectivity index (χ1v) is 9.88. The summed E-state index contributed by atoms with van der Waals surface area (Å²) >= 11 is 6.04. The van der Waals surface area contributed by atoms with Crippen LogP contribution in [0.25, 0.3) is 10.9 Å². The Bertz CT molecular complexity index is 1140. The summed E-state index contributed by atoms with van der Waals surface area (Å²) in [6.07, 6.45) is 2.54. The molecule has 0 amide bonds. The quantitative estimate of drug-likeness (QED) is 0.479. The van der Waals surface area contributed by atoms with Gasteiger partial charge in [0.1, 0.15) is 4.90 Å². The van der Waals surface area contributed by atoms with E-state index in [1.165, 1.54) is 6.07 Å². The van der Waals surface area contributed by atoms with Crippen molar-refractivity contribution in [2.45, 2.75) is 11.3 Å². The number of benzene rings is 2. The van der Waals surface area contributed by atoms with Crippen molar-refractivity contribution < 1.29 is 13.3 Å². The first-order chi connectivity index (χ1) is 12.7. The molecule has 0 bridgehead atoms. The number of sulfonamides is 1. The molecular weight excluding hydrogens is 392 g/mol. The predicted molar refractivity (Wildman–Crippen MR) is 105 cm³/mol. The van der Waals surface area contributed by atoms with Crippen LogP contribution in [0.3, 0.4) is 0 Å². The number of halogens is 1. The molecular formula is C17H17ClN4O4S. The maximum absolute atomic E-state index is 11.7. The topological polar surface area (TPSA) is 120 Å². The highest BCUT2D eigenvalue weighted by Gasteiger charge is 2.18. The van der Waals surface area contributed by atoms with Crippen LogP contribution in [0.1, 0.15) is 5.56 Å². The lowest BCUT2D eigenvalue weighted by molar-refractivity contribution is -0.384. The first kappa shape index (κ1) is 19.2. The molecule has 1 aromatic heterocycles. The number of primary sulfonamides is 1. The van der Waals surface area contributed by atoms with Crippen molar-refractivity contribution in [3.63, 3.8) is 0 Å². The van der Waals surface area contributed by atoms with Gasteiger partial charge in [0.2, 0.25) is 10.0 Å². The number of nitrogens with one attached hydrogen (secondary N) is 1. The number of nitro groups is 1. The Morgan fingerprint density at radius 3 is 2.67 bits per heavy atom. The van der Waals surface area contributed by atoms with E-state index < -0.39 is 14.9 Å². The lowest BCUT2D eigenvalue weighted by Crippen LogP contribution is -2.16. The largest absolute Gasteiger partial charge is 0.383 e. The number of hydrogen-bond donors (Lipinski definition) is 2. The third kappa shape index (κ3) is 4.05. The van der Waals surface area contributed by atoms with Crippen LogP contribution in [0, 0.1) is 10.1 Å². The number of nitrogens with two attached hydrogens (primary N) is 1. The number of nitro benzene ring substituents is 1. The number of anilines is 1. The summed E-state index contributed by atoms with van der Waals surface area (Å²) < 4.78 is 25.4. The van der Waals surface area contributed by atoms with Crippen molar-refractivity contribution in [1.29, 1.82) is 0 Å². The van der Waals surface area contributed by atoms with Gasteiger partial charge in [-0.25, -0.2) is 13.6 Å². The smallest absolute Gasteiger partial charge is 0.271 e. The zero-order valence-corrected chi connectivity index (χ0v) is 15.9. The zero-order valence-electron chi connectivity index (χ0n) is 14.3. The van der Waals surface area contributed by atoms with Gasteiger partial charge in [0, 0.05) is 47.8 Å². The standard InChI is InChI=1S/C17H17ClN4O4S/c1-21-10-11(14-4-2-12(18)8-16(14)21)6-7-20-15-9-13(22(23)24)3-5-17(15)27(19,25)26/h2-5,8-10,20H,6-7H2,1H3,(H2,19,25,26). The number of non-ortho nitro benzene ring substituents is 1. The van der Waals surface area contributed by atoms with Crippen LogP contribution in [0.15, 0.2) is 47.5 Å². The fourth-order valence-corrected chi connectivity index (χ4v) is 3.85. The molecule has 2 aromatic carbocycles. The third-order valence-electron chi connectivity index (χ3n) is 4.23. The van der Waals surface area contributed by atoms with E-state index in [0.29, 0.717) is 18.0 Å². The monoisotopic (exact) mass is 408 g/mol. The second-order valence-corrected chi connectivity index (χ2v) is 8.05. The van der Waals surface area contributed by atoms with Gasteiger partial charge in [0.05, 0.1) is 10.6 Å². The van der Waals surface area contributed by atoms with Crippen LogP contribution < -0.4 is 10.5 Å². The van der Waals surface area contributed by atoms with E-state index in [1.54, 1.807) is 6.07 Å². The molecule has 0 atom stereocenters. The third-order valence-corrected chi connectivity index (χ3v) is 5.43. The lowest BCUT2D eigenvalue weighted by Gasteiger charge is -2.10. The first-order valence-electron chi connectivity index (χ1n) is 7.95. The van der Waals surface area contributed by atoms with Gasteiger partial charge in [-0.3, -0.25) is 10.1 Å². The Balaban J connectivity index is 1.85. The highest BCUT2D eigenvalue weighted by atomic mass is 35.5. The van der Waals surface area contributed by atoms with Crippen LogP contribution in [0.5, 0.6) is 0 Å². The van der Waals surface area contributed by atoms with Gasteiger partial charge in [0.15, 0.2) is 0 Å². The van der Waals surface area contributed by atoms with E-state index in [9.17, 15) is 18.5 Å². The summed E-state index contributed by atoms with van der Waals surface area (Å²) in [6, 6.07) is 9.02. The molecule has 0 saturated carbocycles. The summed E-state index contributed by atoms with van der Waals surface area (Å²) in [5.74, 6) is 0. The number of hydrogen-bond acceptors (Lipinski definition) is 5. The number of rotatable bonds is 6. The van der Waals surface area contributed by atoms with Gasteiger partial charge in [-0.05, 0) is 30.2 Å². The van der Waals surface area contributed by atoms with Gasteiger partial charge >= 0.3 is 0 Å². The van der Waals surface area contributed by atoms with Crippen molar-refractivity contribution in [2.24, 2.45) is 12.2 Å². The van der Waals surface area contributed by atoms with E-state index in [1.807, 2.05) is 29.9 Å². The van der Waals surface area contributed by atoms with Gasteiger partial charge in [-0.15, -0.1) is 0 Å². The fourth-order valence-electron chi connectivity index (χ4n) is 2.99. The van der Waals surface area contributed by atoms with Crippen molar-refractivity contribution in [2.75, 3.05) is 11.9 Å². The second kappa shape index (κ2) is 7.18. The van der Waals surface area contributed by atoms with E-state index in [2.05, 4.69) is 5.32 Å². The molecule has 0 radical (unpaired) electrons. The average Bonchev–Trinajstić information content (AvgIpc) is 2.89. The van der Waals surface area contributed by atoms with E-state index >= 15 is 0 Å². The number of nitrogens with zero attached hydrogens (tertiary/aromatic N) is 2. The summed E-state index contributed by atoms with van der Waals surface area (Å²) in [4.78, 5) is 10.2. The molecule has 0 saturated heterocycles. The SMILES string of the molecule is Cn1cc(CCNc2cc([N+](=O)[O-])ccc2S(N)(=O)=O)c2ccc(Cl)cc21. The Morgan fingerprint density at radius 2 is 2.00 bits per heavy atom. The van der Waals surface area contributed by atoms with Crippen LogP contribution in [0.2, 0.25) is 5.02 Å². The summed E-state index contributed by atoms with van der Waals surface area (Å²) in [5, 5.41) is 20.8. The predicted octanol–water partition coefficient (Wildman–Crippen LogP) is 3.04. The summed E-state index contributed by atoms with van der Waals surface area (Å²) in [5.41, 5.74) is 1.91. The van der Waals surface area contributed by atoms with Crippen molar-refractivity contribution in [1.82, 2.24) is 4.57 Å². The number of aromatic nitrogens is 1. The Morgan fingerprint density at radius 1 is 1.26 bits per heavy atom. The molecule has 142 valence electrons. The van der Waals surface area contributed by atoms with Crippen LogP contribution in [-0.4, -0.2) is 24.5 Å². The molecule has 3 rings (SSSR count). The minimum Gasteiger partial charge on any atom is -0.383 e. The van der Waals surface area contributed by atoms with E-state index in [0.717, 1.165) is 28.6 Å². The van der Waals surface area contributed by atoms with Crippen LogP contribution in [-0.2, 0) is 23.5 Å². The van der Waals surface area contributed by atoms with E-state index in [-0.39, 0.29) is 16.3 Å². The molecule has 10 heteroatoms. The van der Waals surface area contributed by atoms with Gasteiger partial charge in [0.25, 0.3) is 5.69 Å². The van der Waals surface area contributed by atoms with E-state index in [4.69, 9.17) is 16.7 Å². The van der Waals surface area contributed by atoms with Crippen LogP contribution >= 0.6 is 11.6 Å². The molecule has 0 aliphatic heterocycles. The highest BCUT2D eigenvalue weighted by Crippen LogP contribution is 2.27. The summed E-state index contributed by atoms with van der Waals surface area (Å²) in [7, 11) is -2.10. The molecule has 27 heavy (non-hydrogen) atoms. The minimum atomic E-state index is -4.01. The van der Waals surface area contributed by atoms with Gasteiger partial charge in [-0.2, -0.15) is 0 Å². The minimum absolute atomic E-state index is 0.106. The molecule has 3 N–H and O–H groups in total. The molecule has 0 unspecified atom stereocenters.